The molecule has 0 unspecified atom stereocenters. The van der Waals surface area contributed by atoms with Crippen molar-refractivity contribution < 1.29 is 4.79 Å². The number of benzene rings is 2. The summed E-state index contributed by atoms with van der Waals surface area (Å²) in [6.07, 6.45) is 7.80. The predicted molar refractivity (Wildman–Crippen MR) is 120 cm³/mol. The summed E-state index contributed by atoms with van der Waals surface area (Å²) >= 11 is 0. The molecule has 3 aromatic rings. The maximum atomic E-state index is 12.8. The van der Waals surface area contributed by atoms with Gasteiger partial charge in [-0.15, -0.1) is 0 Å². The number of hydrogen-bond acceptors (Lipinski definition) is 3. The first kappa shape index (κ1) is 19.3. The van der Waals surface area contributed by atoms with Crippen LogP contribution in [0.5, 0.6) is 0 Å². The van der Waals surface area contributed by atoms with Gasteiger partial charge in [-0.3, -0.25) is 14.3 Å². The largest absolute Gasteiger partial charge is 0.348 e. The van der Waals surface area contributed by atoms with E-state index in [4.69, 9.17) is 0 Å². The van der Waals surface area contributed by atoms with Crippen LogP contribution < -0.4 is 5.32 Å². The van der Waals surface area contributed by atoms with Crippen LogP contribution in [0.25, 0.3) is 16.7 Å². The van der Waals surface area contributed by atoms with Crippen molar-refractivity contribution in [1.82, 2.24) is 19.8 Å². The molecule has 5 rings (SSSR count). The Bertz CT molecular complexity index is 1030. The summed E-state index contributed by atoms with van der Waals surface area (Å²) in [7, 11) is 0. The van der Waals surface area contributed by atoms with E-state index < -0.39 is 0 Å². The molecule has 0 bridgehead atoms. The third kappa shape index (κ3) is 3.74. The Balaban J connectivity index is 1.25. The zero-order chi connectivity index (χ0) is 20.5. The van der Waals surface area contributed by atoms with Gasteiger partial charge in [-0.05, 0) is 62.6 Å². The van der Waals surface area contributed by atoms with Crippen LogP contribution in [0.1, 0.15) is 54.7 Å². The standard InChI is InChI=1S/C25H30N4O/c1-18-26-23-9-5-6-10-24(23)29(18)22-13-11-19(12-14-22)25(30)27-20-15-16-28(17-20)21-7-3-2-4-8-21/h5-6,9-14,20-21H,2-4,7-8,15-17H2,1H3,(H,27,30)/t20-/m1/s1. The number of carbonyl (C=O) groups is 1. The van der Waals surface area contributed by atoms with Gasteiger partial charge in [0.2, 0.25) is 0 Å². The lowest BCUT2D eigenvalue weighted by Gasteiger charge is -2.31. The van der Waals surface area contributed by atoms with Crippen molar-refractivity contribution in [3.63, 3.8) is 0 Å². The van der Waals surface area contributed by atoms with Crippen molar-refractivity contribution >= 4 is 16.9 Å². The lowest BCUT2D eigenvalue weighted by molar-refractivity contribution is 0.0934. The molecule has 1 N–H and O–H groups in total. The normalized spacial score (nSPS) is 20.6. The van der Waals surface area contributed by atoms with E-state index in [-0.39, 0.29) is 11.9 Å². The highest BCUT2D eigenvalue weighted by Gasteiger charge is 2.29. The molecule has 1 saturated carbocycles. The second kappa shape index (κ2) is 8.23. The first-order chi connectivity index (χ1) is 14.7. The molecule has 2 heterocycles. The highest BCUT2D eigenvalue weighted by molar-refractivity contribution is 5.94. The topological polar surface area (TPSA) is 50.2 Å². The minimum Gasteiger partial charge on any atom is -0.348 e. The molecule has 1 atom stereocenters. The van der Waals surface area contributed by atoms with Crippen LogP contribution in [0, 0.1) is 6.92 Å². The van der Waals surface area contributed by atoms with Gasteiger partial charge in [0, 0.05) is 36.4 Å². The van der Waals surface area contributed by atoms with Crippen molar-refractivity contribution in [2.24, 2.45) is 0 Å². The Morgan fingerprint density at radius 1 is 1.00 bits per heavy atom. The van der Waals surface area contributed by atoms with E-state index >= 15 is 0 Å². The molecule has 2 aromatic carbocycles. The molecular weight excluding hydrogens is 372 g/mol. The number of nitrogens with zero attached hydrogens (tertiary/aromatic N) is 3. The number of aromatic nitrogens is 2. The minimum absolute atomic E-state index is 0.0317. The summed E-state index contributed by atoms with van der Waals surface area (Å²) in [5.41, 5.74) is 3.82. The SMILES string of the molecule is Cc1nc2ccccc2n1-c1ccc(C(=O)N[C@@H]2CCN(C3CCCCC3)C2)cc1. The summed E-state index contributed by atoms with van der Waals surface area (Å²) in [6.45, 7) is 4.12. The summed E-state index contributed by atoms with van der Waals surface area (Å²) in [4.78, 5) is 20.0. The molecule has 5 nitrogen and oxygen atoms in total. The monoisotopic (exact) mass is 402 g/mol. The lowest BCUT2D eigenvalue weighted by atomic mass is 9.94. The van der Waals surface area contributed by atoms with E-state index in [9.17, 15) is 4.79 Å². The molecule has 1 amide bonds. The molecule has 1 aliphatic carbocycles. The lowest BCUT2D eigenvalue weighted by Crippen LogP contribution is -2.40. The van der Waals surface area contributed by atoms with E-state index in [1.165, 1.54) is 32.1 Å². The quantitative estimate of drug-likeness (QED) is 0.700. The molecule has 0 spiro atoms. The summed E-state index contributed by atoms with van der Waals surface area (Å²) in [5.74, 6) is 0.978. The Morgan fingerprint density at radius 3 is 2.57 bits per heavy atom. The highest BCUT2D eigenvalue weighted by Crippen LogP contribution is 2.26. The zero-order valence-corrected chi connectivity index (χ0v) is 17.7. The van der Waals surface area contributed by atoms with Crippen LogP contribution in [-0.4, -0.2) is 45.5 Å². The fourth-order valence-electron chi connectivity index (χ4n) is 5.19. The van der Waals surface area contributed by atoms with Gasteiger partial charge in [-0.25, -0.2) is 4.98 Å². The number of carbonyl (C=O) groups excluding carboxylic acids is 1. The maximum Gasteiger partial charge on any atom is 0.251 e. The summed E-state index contributed by atoms with van der Waals surface area (Å²) in [6, 6.07) is 17.0. The summed E-state index contributed by atoms with van der Waals surface area (Å²) in [5, 5.41) is 3.26. The fraction of sp³-hybridized carbons (Fsp3) is 0.440. The van der Waals surface area contributed by atoms with E-state index in [2.05, 4.69) is 25.8 Å². The van der Waals surface area contributed by atoms with Crippen LogP contribution in [0.3, 0.4) is 0 Å². The average Bonchev–Trinajstić information content (AvgIpc) is 3.38. The number of hydrogen-bond donors (Lipinski definition) is 1. The number of fused-ring (bicyclic) bond motifs is 1. The second-order valence-electron chi connectivity index (χ2n) is 8.78. The van der Waals surface area contributed by atoms with Crippen molar-refractivity contribution in [1.29, 1.82) is 0 Å². The van der Waals surface area contributed by atoms with Gasteiger partial charge in [0.25, 0.3) is 5.91 Å². The Kier molecular flexibility index (Phi) is 5.30. The zero-order valence-electron chi connectivity index (χ0n) is 17.7. The van der Waals surface area contributed by atoms with Crippen molar-refractivity contribution in [3.8, 4) is 5.69 Å². The van der Waals surface area contributed by atoms with Crippen molar-refractivity contribution in [2.45, 2.75) is 57.5 Å². The van der Waals surface area contributed by atoms with E-state index in [1.807, 2.05) is 49.4 Å². The van der Waals surface area contributed by atoms with Gasteiger partial charge in [0.05, 0.1) is 11.0 Å². The number of para-hydroxylation sites is 2. The van der Waals surface area contributed by atoms with Gasteiger partial charge < -0.3 is 5.32 Å². The third-order valence-electron chi connectivity index (χ3n) is 6.76. The van der Waals surface area contributed by atoms with Crippen molar-refractivity contribution in [2.75, 3.05) is 13.1 Å². The smallest absolute Gasteiger partial charge is 0.251 e. The predicted octanol–water partition coefficient (Wildman–Crippen LogP) is 4.47. The molecule has 2 fully saturated rings. The van der Waals surface area contributed by atoms with Gasteiger partial charge in [-0.1, -0.05) is 31.4 Å². The number of imidazole rings is 1. The maximum absolute atomic E-state index is 12.8. The van der Waals surface area contributed by atoms with E-state index in [1.54, 1.807) is 0 Å². The van der Waals surface area contributed by atoms with Gasteiger partial charge in [0.15, 0.2) is 0 Å². The average molecular weight is 403 g/mol. The summed E-state index contributed by atoms with van der Waals surface area (Å²) < 4.78 is 2.13. The minimum atomic E-state index is 0.0317. The fourth-order valence-corrected chi connectivity index (χ4v) is 5.19. The Labute approximate surface area is 178 Å². The molecule has 2 aliphatic rings. The number of aryl methyl sites for hydroxylation is 1. The number of likely N-dealkylation sites (tertiary alicyclic amines) is 1. The number of nitrogens with one attached hydrogen (secondary N) is 1. The number of rotatable bonds is 4. The van der Waals surface area contributed by atoms with Gasteiger partial charge >= 0.3 is 0 Å². The molecule has 5 heteroatoms. The molecule has 0 radical (unpaired) electrons. The second-order valence-corrected chi connectivity index (χ2v) is 8.78. The number of amides is 1. The molecular formula is C25H30N4O. The Hall–Kier alpha value is -2.66. The van der Waals surface area contributed by atoms with E-state index in [0.29, 0.717) is 0 Å². The Morgan fingerprint density at radius 2 is 1.77 bits per heavy atom. The van der Waals surface area contributed by atoms with Crippen LogP contribution in [-0.2, 0) is 0 Å². The van der Waals surface area contributed by atoms with Crippen molar-refractivity contribution in [3.05, 3.63) is 59.9 Å². The first-order valence-electron chi connectivity index (χ1n) is 11.3. The van der Waals surface area contributed by atoms with Gasteiger partial charge in [0.1, 0.15) is 5.82 Å². The molecule has 1 saturated heterocycles. The van der Waals surface area contributed by atoms with Crippen LogP contribution in [0.2, 0.25) is 0 Å². The van der Waals surface area contributed by atoms with Gasteiger partial charge in [-0.2, -0.15) is 0 Å². The third-order valence-corrected chi connectivity index (χ3v) is 6.76. The van der Waals surface area contributed by atoms with Crippen LogP contribution in [0.15, 0.2) is 48.5 Å². The molecule has 30 heavy (non-hydrogen) atoms. The molecule has 156 valence electrons. The highest BCUT2D eigenvalue weighted by atomic mass is 16.1. The van der Waals surface area contributed by atoms with Crippen LogP contribution >= 0.6 is 0 Å². The molecule has 1 aliphatic heterocycles. The first-order valence-corrected chi connectivity index (χ1v) is 11.3. The molecule has 1 aromatic heterocycles. The van der Waals surface area contributed by atoms with E-state index in [0.717, 1.165) is 53.7 Å². The van der Waals surface area contributed by atoms with Crippen LogP contribution in [0.4, 0.5) is 0 Å².